The third-order valence-electron chi connectivity index (χ3n) is 10.3. The van der Waals surface area contributed by atoms with Crippen LogP contribution in [0.1, 0.15) is 49.9 Å². The van der Waals surface area contributed by atoms with Crippen LogP contribution in [0.4, 0.5) is 0 Å². The molecule has 0 saturated heterocycles. The van der Waals surface area contributed by atoms with Crippen molar-refractivity contribution < 1.29 is 31.4 Å². The van der Waals surface area contributed by atoms with E-state index < -0.39 is 31.9 Å². The fourth-order valence-electron chi connectivity index (χ4n) is 7.67. The predicted octanol–water partition coefficient (Wildman–Crippen LogP) is 13.7. The summed E-state index contributed by atoms with van der Waals surface area (Å²) in [7, 11) is 0. The number of imidazole rings is 1. The molecule has 6 heteroatoms. The van der Waals surface area contributed by atoms with Gasteiger partial charge in [-0.25, -0.2) is 0 Å². The van der Waals surface area contributed by atoms with Gasteiger partial charge >= 0.3 is 145 Å². The maximum Gasteiger partial charge on any atom is 0 e. The van der Waals surface area contributed by atoms with Crippen LogP contribution in [0.2, 0.25) is 17.3 Å². The molecule has 3 aromatic heterocycles. The van der Waals surface area contributed by atoms with Crippen molar-refractivity contribution in [3.63, 3.8) is 0 Å². The molecule has 0 bridgehead atoms. The van der Waals surface area contributed by atoms with Crippen molar-refractivity contribution in [2.45, 2.75) is 65.1 Å². The van der Waals surface area contributed by atoms with Crippen LogP contribution in [0, 0.1) is 38.2 Å². The smallest absolute Gasteiger partial charge is 0 e. The van der Waals surface area contributed by atoms with Gasteiger partial charge in [0.1, 0.15) is 5.58 Å². The Morgan fingerprint density at radius 2 is 1.51 bits per heavy atom. The first-order chi connectivity index (χ1) is 29.7. The van der Waals surface area contributed by atoms with Gasteiger partial charge < -0.3 is 8.98 Å². The van der Waals surface area contributed by atoms with E-state index in [0.717, 1.165) is 54.4 Å². The minimum atomic E-state index is -2.36. The molecule has 6 aromatic carbocycles. The van der Waals surface area contributed by atoms with Crippen molar-refractivity contribution in [2.75, 3.05) is 0 Å². The Morgan fingerprint density at radius 3 is 2.20 bits per heavy atom. The summed E-state index contributed by atoms with van der Waals surface area (Å²) in [6, 6.07) is 48.6. The van der Waals surface area contributed by atoms with E-state index in [1.807, 2.05) is 63.4 Å². The van der Waals surface area contributed by atoms with Crippen LogP contribution in [-0.4, -0.2) is 27.8 Å². The molecule has 0 atom stereocenters. The Bertz CT molecular complexity index is 3100. The topological polar surface area (TPSA) is 43.9 Å². The van der Waals surface area contributed by atoms with E-state index in [0.29, 0.717) is 16.8 Å². The molecule has 1 radical (unpaired) electrons. The summed E-state index contributed by atoms with van der Waals surface area (Å²) in [6.45, 7) is 7.91. The van der Waals surface area contributed by atoms with Crippen molar-refractivity contribution in [2.24, 2.45) is 5.41 Å². The van der Waals surface area contributed by atoms with Crippen molar-refractivity contribution in [3.8, 4) is 39.5 Å². The van der Waals surface area contributed by atoms with Gasteiger partial charge in [0, 0.05) is 31.2 Å². The van der Waals surface area contributed by atoms with Crippen molar-refractivity contribution in [1.29, 1.82) is 0 Å². The zero-order chi connectivity index (χ0) is 45.1. The molecular formula is C53H51GeIrN3O-2. The normalized spacial score (nSPS) is 13.5. The molecule has 3 heterocycles. The van der Waals surface area contributed by atoms with E-state index >= 15 is 0 Å². The summed E-state index contributed by atoms with van der Waals surface area (Å²) in [4.78, 5) is 9.69. The van der Waals surface area contributed by atoms with Crippen LogP contribution in [0.15, 0.2) is 138 Å². The number of benzene rings is 6. The van der Waals surface area contributed by atoms with Gasteiger partial charge in [0.15, 0.2) is 0 Å². The Hall–Kier alpha value is -5.07. The van der Waals surface area contributed by atoms with Crippen LogP contribution in [-0.2, 0) is 26.5 Å². The number of furan rings is 1. The number of aromatic nitrogens is 3. The number of hydrogen-bond acceptors (Lipinski definition) is 3. The third kappa shape index (κ3) is 8.80. The first-order valence-electron chi connectivity index (χ1n) is 22.2. The summed E-state index contributed by atoms with van der Waals surface area (Å²) in [5.41, 5.74) is 12.2. The van der Waals surface area contributed by atoms with Crippen LogP contribution in [0.3, 0.4) is 0 Å². The number of para-hydroxylation sites is 3. The Kier molecular flexibility index (Phi) is 10.3. The summed E-state index contributed by atoms with van der Waals surface area (Å²) in [5.74, 6) is 7.53. The zero-order valence-corrected chi connectivity index (χ0v) is 39.3. The first-order valence-corrected chi connectivity index (χ1v) is 27.1. The molecule has 9 rings (SSSR count). The van der Waals surface area contributed by atoms with Gasteiger partial charge in [0.25, 0.3) is 0 Å². The molecule has 0 aliphatic rings. The zero-order valence-electron chi connectivity index (χ0n) is 39.8. The second kappa shape index (κ2) is 16.9. The first kappa shape index (κ1) is 35.8. The van der Waals surface area contributed by atoms with E-state index in [4.69, 9.17) is 16.3 Å². The molecule has 4 nitrogen and oxygen atoms in total. The molecule has 0 aliphatic carbocycles. The minimum Gasteiger partial charge on any atom is 0 e. The monoisotopic (exact) mass is 1020 g/mol. The van der Waals surface area contributed by atoms with E-state index in [1.165, 1.54) is 28.3 Å². The fourth-order valence-corrected chi connectivity index (χ4v) is 10.6. The molecule has 0 spiro atoms. The molecule has 0 amide bonds. The predicted molar refractivity (Wildman–Crippen MR) is 247 cm³/mol. The van der Waals surface area contributed by atoms with Gasteiger partial charge in [-0.3, -0.25) is 4.98 Å². The second-order valence-electron chi connectivity index (χ2n) is 17.0. The van der Waals surface area contributed by atoms with Gasteiger partial charge in [-0.15, -0.1) is 18.2 Å². The molecule has 0 aliphatic heterocycles. The summed E-state index contributed by atoms with van der Waals surface area (Å²) < 4.78 is 49.8. The molecule has 0 saturated carbocycles. The van der Waals surface area contributed by atoms with Gasteiger partial charge in [0.05, 0.1) is 22.4 Å². The molecule has 0 N–H and O–H groups in total. The SMILES string of the molecule is Cc1cc(-c2ccccc2)cc(C)c1-n1c(-c2[c-]ccc3c2oc2ccccc23)nc2ccccc21.[2H]C([2H])([2H])c1c[c-]c(-c2cc(C([2H])([2H])C(C)(C)C)[c]([Ge]([CH3])([CH3])[CH3])cn2)cc1.[Ir]. The third-order valence-corrected chi connectivity index (χ3v) is 14.5. The maximum atomic E-state index is 8.80. The van der Waals surface area contributed by atoms with Crippen LogP contribution in [0.25, 0.3) is 72.4 Å². The molecular weight excluding hydrogens is 959 g/mol. The van der Waals surface area contributed by atoms with Gasteiger partial charge in [-0.1, -0.05) is 71.6 Å². The van der Waals surface area contributed by atoms with Crippen LogP contribution < -0.4 is 4.40 Å². The van der Waals surface area contributed by atoms with E-state index in [2.05, 4.69) is 126 Å². The second-order valence-corrected chi connectivity index (χ2v) is 27.6. The standard InChI is InChI=1S/C33H23N2O.C20H28GeN.Ir/c1-21-19-24(23-11-4-3-5-12-23)20-22(2)31(21)35-29-17-8-7-16-28(29)34-33(35)27-15-10-14-26-25-13-6-9-18-30(25)36-32(26)27;1-15-8-10-16(11-9-15)19-12-17(13-20(2,3)4)18(14-22-19)21(5,6)7;/h3-14,16-20H,1-2H3;8-10,12,14H,13H2,1-7H3;/q2*-1;/i;1D3,13D2;. The van der Waals surface area contributed by atoms with E-state index in [-0.39, 0.29) is 25.7 Å². The number of rotatable bonds is 6. The average Bonchev–Trinajstić information content (AvgIpc) is 3.82. The molecule has 0 unspecified atom stereocenters. The van der Waals surface area contributed by atoms with Crippen LogP contribution >= 0.6 is 0 Å². The number of fused-ring (bicyclic) bond motifs is 4. The molecule has 9 aromatic rings. The summed E-state index contributed by atoms with van der Waals surface area (Å²) >= 11 is -2.36. The largest absolute Gasteiger partial charge is 0 e. The molecule has 299 valence electrons. The molecule has 0 fully saturated rings. The van der Waals surface area contributed by atoms with Crippen molar-refractivity contribution in [3.05, 3.63) is 168 Å². The number of nitrogens with zero attached hydrogens (tertiary/aromatic N) is 3. The molecule has 59 heavy (non-hydrogen) atoms. The van der Waals surface area contributed by atoms with E-state index in [9.17, 15) is 0 Å². The van der Waals surface area contributed by atoms with Crippen LogP contribution in [0.5, 0.6) is 0 Å². The Morgan fingerprint density at radius 1 is 0.797 bits per heavy atom. The minimum absolute atomic E-state index is 0. The number of aryl methyl sites for hydroxylation is 3. The van der Waals surface area contributed by atoms with Crippen molar-refractivity contribution in [1.82, 2.24) is 14.5 Å². The van der Waals surface area contributed by atoms with E-state index in [1.54, 1.807) is 12.1 Å². The Balaban J connectivity index is 0.000000197. The summed E-state index contributed by atoms with van der Waals surface area (Å²) in [6.07, 6.45) is 0.303. The Labute approximate surface area is 372 Å². The quantitative estimate of drug-likeness (QED) is 0.123. The van der Waals surface area contributed by atoms with Gasteiger partial charge in [-0.2, -0.15) is 0 Å². The average molecular weight is 1020 g/mol. The number of pyridine rings is 1. The summed E-state index contributed by atoms with van der Waals surface area (Å²) in [5, 5.41) is 2.18. The number of hydrogen-bond donors (Lipinski definition) is 0. The van der Waals surface area contributed by atoms with Gasteiger partial charge in [0.2, 0.25) is 0 Å². The maximum absolute atomic E-state index is 8.80. The van der Waals surface area contributed by atoms with Gasteiger partial charge in [-0.05, 0) is 66.4 Å². The van der Waals surface area contributed by atoms with Crippen molar-refractivity contribution >= 4 is 50.6 Å². The fraction of sp³-hybridized carbons (Fsp3) is 0.208.